The minimum Gasteiger partial charge on any atom is -0.299 e. The zero-order valence-corrected chi connectivity index (χ0v) is 13.8. The topological polar surface area (TPSA) is 71.5 Å². The monoisotopic (exact) mass is 333 g/mol. The molecule has 2 rings (SSSR count). The SMILES string of the molecule is CC(=O)C(CC(F)CCCN1C(=O)c2ccccc2C1=O)C(C)=O. The van der Waals surface area contributed by atoms with E-state index < -0.39 is 12.1 Å². The van der Waals surface area contributed by atoms with Crippen LogP contribution < -0.4 is 0 Å². The molecule has 0 saturated carbocycles. The molecule has 1 aliphatic rings. The molecule has 1 heterocycles. The van der Waals surface area contributed by atoms with Crippen LogP contribution in [0.4, 0.5) is 4.39 Å². The van der Waals surface area contributed by atoms with Crippen molar-refractivity contribution in [1.82, 2.24) is 4.90 Å². The third-order valence-corrected chi connectivity index (χ3v) is 4.25. The molecule has 0 spiro atoms. The van der Waals surface area contributed by atoms with Gasteiger partial charge in [-0.05, 0) is 45.2 Å². The second-order valence-corrected chi connectivity index (χ2v) is 6.06. The van der Waals surface area contributed by atoms with Crippen LogP contribution in [-0.2, 0) is 9.59 Å². The molecule has 6 heteroatoms. The van der Waals surface area contributed by atoms with Crippen molar-refractivity contribution in [3.8, 4) is 0 Å². The normalized spacial score (nSPS) is 14.9. The lowest BCUT2D eigenvalue weighted by atomic mass is 9.93. The van der Waals surface area contributed by atoms with Gasteiger partial charge in [-0.25, -0.2) is 4.39 Å². The van der Waals surface area contributed by atoms with Gasteiger partial charge >= 0.3 is 0 Å². The number of rotatable bonds is 8. The molecule has 1 aromatic rings. The molecule has 5 nitrogen and oxygen atoms in total. The molecule has 1 unspecified atom stereocenters. The summed E-state index contributed by atoms with van der Waals surface area (Å²) < 4.78 is 14.0. The first-order chi connectivity index (χ1) is 11.3. The van der Waals surface area contributed by atoms with Gasteiger partial charge in [0.25, 0.3) is 11.8 Å². The van der Waals surface area contributed by atoms with Gasteiger partial charge in [-0.2, -0.15) is 0 Å². The van der Waals surface area contributed by atoms with E-state index in [1.165, 1.54) is 13.8 Å². The number of nitrogens with zero attached hydrogens (tertiary/aromatic N) is 1. The number of hydrogen-bond acceptors (Lipinski definition) is 4. The largest absolute Gasteiger partial charge is 0.299 e. The van der Waals surface area contributed by atoms with E-state index in [1.54, 1.807) is 24.3 Å². The predicted octanol–water partition coefficient (Wildman–Crippen LogP) is 2.59. The highest BCUT2D eigenvalue weighted by atomic mass is 19.1. The Morgan fingerprint density at radius 1 is 1.04 bits per heavy atom. The minimum absolute atomic E-state index is 0.0878. The Kier molecular flexibility index (Phi) is 5.59. The van der Waals surface area contributed by atoms with Gasteiger partial charge in [0.1, 0.15) is 17.7 Å². The minimum atomic E-state index is -1.32. The van der Waals surface area contributed by atoms with E-state index in [0.717, 1.165) is 4.90 Å². The van der Waals surface area contributed by atoms with Crippen molar-refractivity contribution in [2.45, 2.75) is 39.3 Å². The Labute approximate surface area is 139 Å². The highest BCUT2D eigenvalue weighted by Gasteiger charge is 2.34. The molecule has 0 aromatic heterocycles. The molecule has 0 aliphatic carbocycles. The number of alkyl halides is 1. The van der Waals surface area contributed by atoms with Gasteiger partial charge in [0, 0.05) is 6.54 Å². The van der Waals surface area contributed by atoms with E-state index in [0.29, 0.717) is 11.1 Å². The summed E-state index contributed by atoms with van der Waals surface area (Å²) in [6.45, 7) is 2.67. The molecular formula is C18H20FNO4. The van der Waals surface area contributed by atoms with Crippen LogP contribution in [0.15, 0.2) is 24.3 Å². The van der Waals surface area contributed by atoms with Gasteiger partial charge in [-0.3, -0.25) is 24.1 Å². The number of ketones is 2. The quantitative estimate of drug-likeness (QED) is 0.541. The average Bonchev–Trinajstić information content (AvgIpc) is 2.77. The molecule has 0 radical (unpaired) electrons. The third kappa shape index (κ3) is 3.75. The zero-order valence-electron chi connectivity index (χ0n) is 13.8. The van der Waals surface area contributed by atoms with Crippen LogP contribution in [0, 0.1) is 5.92 Å². The smallest absolute Gasteiger partial charge is 0.261 e. The summed E-state index contributed by atoms with van der Waals surface area (Å²) in [5.74, 6) is -2.33. The van der Waals surface area contributed by atoms with E-state index in [9.17, 15) is 23.6 Å². The van der Waals surface area contributed by atoms with Crippen LogP contribution >= 0.6 is 0 Å². The van der Waals surface area contributed by atoms with Crippen LogP contribution in [0.5, 0.6) is 0 Å². The van der Waals surface area contributed by atoms with Crippen molar-refractivity contribution in [3.05, 3.63) is 35.4 Å². The molecule has 0 N–H and O–H groups in total. The molecule has 0 fully saturated rings. The lowest BCUT2D eigenvalue weighted by molar-refractivity contribution is -0.131. The summed E-state index contributed by atoms with van der Waals surface area (Å²) in [6.07, 6.45) is -1.09. The van der Waals surface area contributed by atoms with Crippen LogP contribution in [-0.4, -0.2) is 41.0 Å². The molecule has 128 valence electrons. The van der Waals surface area contributed by atoms with Crippen LogP contribution in [0.2, 0.25) is 0 Å². The Morgan fingerprint density at radius 2 is 1.54 bits per heavy atom. The number of Topliss-reactive ketones (excluding diaryl/α,β-unsaturated/α-hetero) is 2. The maximum absolute atomic E-state index is 14.0. The van der Waals surface area contributed by atoms with E-state index in [4.69, 9.17) is 0 Å². The number of carbonyl (C=O) groups excluding carboxylic acids is 4. The summed E-state index contributed by atoms with van der Waals surface area (Å²) in [6, 6.07) is 6.57. The first-order valence-corrected chi connectivity index (χ1v) is 7.93. The van der Waals surface area contributed by atoms with Crippen molar-refractivity contribution >= 4 is 23.4 Å². The number of benzene rings is 1. The highest BCUT2D eigenvalue weighted by Crippen LogP contribution is 2.23. The van der Waals surface area contributed by atoms with Gasteiger partial charge < -0.3 is 0 Å². The molecule has 2 amide bonds. The van der Waals surface area contributed by atoms with Crippen molar-refractivity contribution in [2.75, 3.05) is 6.54 Å². The fourth-order valence-corrected chi connectivity index (χ4v) is 2.90. The highest BCUT2D eigenvalue weighted by molar-refractivity contribution is 6.21. The van der Waals surface area contributed by atoms with Gasteiger partial charge in [0.15, 0.2) is 0 Å². The Bertz CT molecular complexity index is 636. The standard InChI is InChI=1S/C18H20FNO4/c1-11(21)16(12(2)22)10-13(19)6-5-9-20-17(23)14-7-3-4-8-15(14)18(20)24/h3-4,7-8,13,16H,5-6,9-10H2,1-2H3. The Hall–Kier alpha value is -2.37. The number of halogens is 1. The number of hydrogen-bond donors (Lipinski definition) is 0. The van der Waals surface area contributed by atoms with Gasteiger partial charge in [0.05, 0.1) is 17.0 Å². The van der Waals surface area contributed by atoms with Crippen LogP contribution in [0.3, 0.4) is 0 Å². The molecule has 1 aliphatic heterocycles. The van der Waals surface area contributed by atoms with Gasteiger partial charge in [-0.15, -0.1) is 0 Å². The molecule has 24 heavy (non-hydrogen) atoms. The van der Waals surface area contributed by atoms with Crippen LogP contribution in [0.1, 0.15) is 53.8 Å². The summed E-state index contributed by atoms with van der Waals surface area (Å²) in [5.41, 5.74) is 0.736. The van der Waals surface area contributed by atoms with E-state index in [1.807, 2.05) is 0 Å². The van der Waals surface area contributed by atoms with E-state index in [2.05, 4.69) is 0 Å². The van der Waals surface area contributed by atoms with E-state index in [-0.39, 0.29) is 49.2 Å². The fraction of sp³-hybridized carbons (Fsp3) is 0.444. The summed E-state index contributed by atoms with van der Waals surface area (Å²) >= 11 is 0. The number of amides is 2. The van der Waals surface area contributed by atoms with Crippen LogP contribution in [0.25, 0.3) is 0 Å². The maximum atomic E-state index is 14.0. The maximum Gasteiger partial charge on any atom is 0.261 e. The molecule has 1 aromatic carbocycles. The van der Waals surface area contributed by atoms with Gasteiger partial charge in [0.2, 0.25) is 0 Å². The molecule has 0 bridgehead atoms. The zero-order chi connectivity index (χ0) is 17.9. The Morgan fingerprint density at radius 3 is 2.00 bits per heavy atom. The lowest BCUT2D eigenvalue weighted by Crippen LogP contribution is -2.31. The lowest BCUT2D eigenvalue weighted by Gasteiger charge is -2.16. The predicted molar refractivity (Wildman–Crippen MR) is 85.4 cm³/mol. The first kappa shape index (κ1) is 18.0. The second kappa shape index (κ2) is 7.47. The second-order valence-electron chi connectivity index (χ2n) is 6.06. The summed E-state index contributed by atoms with van der Waals surface area (Å²) in [4.78, 5) is 48.1. The molecule has 0 saturated heterocycles. The van der Waals surface area contributed by atoms with Crippen molar-refractivity contribution in [2.24, 2.45) is 5.92 Å². The average molecular weight is 333 g/mol. The molecular weight excluding hydrogens is 313 g/mol. The fourth-order valence-electron chi connectivity index (χ4n) is 2.90. The summed E-state index contributed by atoms with van der Waals surface area (Å²) in [7, 11) is 0. The molecule has 1 atom stereocenters. The number of imide groups is 1. The first-order valence-electron chi connectivity index (χ1n) is 7.93. The third-order valence-electron chi connectivity index (χ3n) is 4.25. The number of fused-ring (bicyclic) bond motifs is 1. The summed E-state index contributed by atoms with van der Waals surface area (Å²) in [5, 5.41) is 0. The van der Waals surface area contributed by atoms with Crippen molar-refractivity contribution in [3.63, 3.8) is 0 Å². The van der Waals surface area contributed by atoms with E-state index >= 15 is 0 Å². The van der Waals surface area contributed by atoms with Gasteiger partial charge in [-0.1, -0.05) is 12.1 Å². The van der Waals surface area contributed by atoms with Crippen molar-refractivity contribution in [1.29, 1.82) is 0 Å². The number of carbonyl (C=O) groups is 4. The Balaban J connectivity index is 1.87. The van der Waals surface area contributed by atoms with Crippen molar-refractivity contribution < 1.29 is 23.6 Å².